The molecule has 0 spiro atoms. The first-order valence-electron chi connectivity index (χ1n) is 6.31. The van der Waals surface area contributed by atoms with E-state index in [9.17, 15) is 4.39 Å². The molecule has 1 aromatic rings. The highest BCUT2D eigenvalue weighted by Gasteiger charge is 2.31. The molecule has 0 bridgehead atoms. The summed E-state index contributed by atoms with van der Waals surface area (Å²) in [5.41, 5.74) is 1.20. The van der Waals surface area contributed by atoms with Gasteiger partial charge in [0.15, 0.2) is 0 Å². The van der Waals surface area contributed by atoms with Crippen molar-refractivity contribution in [3.05, 3.63) is 35.6 Å². The van der Waals surface area contributed by atoms with Crippen LogP contribution in [0, 0.1) is 24.1 Å². The second-order valence-corrected chi connectivity index (χ2v) is 5.68. The van der Waals surface area contributed by atoms with Crippen molar-refractivity contribution in [1.82, 2.24) is 5.32 Å². The van der Waals surface area contributed by atoms with Crippen molar-refractivity contribution < 1.29 is 4.39 Å². The fourth-order valence-corrected chi connectivity index (χ4v) is 2.60. The number of benzene rings is 1. The molecule has 1 saturated carbocycles. The Morgan fingerprint density at radius 1 is 1.39 bits per heavy atom. The molecule has 1 aliphatic rings. The predicted octanol–water partition coefficient (Wildman–Crippen LogP) is 3.23. The second kappa shape index (κ2) is 6.82. The largest absolute Gasteiger partial charge is 0.309 e. The van der Waals surface area contributed by atoms with E-state index < -0.39 is 0 Å². The maximum absolute atomic E-state index is 12.9. The zero-order chi connectivity index (χ0) is 12.8. The molecule has 2 rings (SSSR count). The number of nitrogens with one attached hydrogen (secondary N) is 1. The van der Waals surface area contributed by atoms with Gasteiger partial charge in [0.25, 0.3) is 0 Å². The molecule has 0 aliphatic heterocycles. The minimum atomic E-state index is -0.169. The summed E-state index contributed by atoms with van der Waals surface area (Å²) in [6.07, 6.45) is 7.75. The number of halogens is 1. The van der Waals surface area contributed by atoms with Gasteiger partial charge in [-0.1, -0.05) is 18.1 Å². The molecule has 1 fully saturated rings. The third-order valence-corrected chi connectivity index (χ3v) is 3.98. The van der Waals surface area contributed by atoms with Crippen molar-refractivity contribution in [2.75, 3.05) is 18.1 Å². The van der Waals surface area contributed by atoms with E-state index in [0.29, 0.717) is 12.0 Å². The Morgan fingerprint density at radius 3 is 2.72 bits per heavy atom. The molecule has 1 aliphatic carbocycles. The van der Waals surface area contributed by atoms with Crippen molar-refractivity contribution in [2.24, 2.45) is 5.92 Å². The smallest absolute Gasteiger partial charge is 0.123 e. The van der Waals surface area contributed by atoms with Gasteiger partial charge in [0.1, 0.15) is 5.82 Å². The molecule has 1 nitrogen and oxygen atoms in total. The summed E-state index contributed by atoms with van der Waals surface area (Å²) < 4.78 is 12.9. The van der Waals surface area contributed by atoms with Crippen LogP contribution in [-0.4, -0.2) is 18.1 Å². The molecule has 0 aromatic heterocycles. The minimum Gasteiger partial charge on any atom is -0.309 e. The zero-order valence-electron chi connectivity index (χ0n) is 10.4. The number of hydrogen-bond donors (Lipinski definition) is 1. The molecule has 96 valence electrons. The lowest BCUT2D eigenvalue weighted by molar-refractivity contribution is 0.497. The topological polar surface area (TPSA) is 12.0 Å². The van der Waals surface area contributed by atoms with Crippen LogP contribution in [-0.2, 0) is 0 Å². The van der Waals surface area contributed by atoms with E-state index in [1.54, 1.807) is 23.9 Å². The fraction of sp³-hybridized carbons (Fsp3) is 0.467. The van der Waals surface area contributed by atoms with Crippen LogP contribution in [0.3, 0.4) is 0 Å². The van der Waals surface area contributed by atoms with E-state index >= 15 is 0 Å². The van der Waals surface area contributed by atoms with Crippen molar-refractivity contribution in [2.45, 2.75) is 18.9 Å². The van der Waals surface area contributed by atoms with Crippen molar-refractivity contribution >= 4 is 11.8 Å². The highest BCUT2D eigenvalue weighted by molar-refractivity contribution is 7.99. The van der Waals surface area contributed by atoms with E-state index in [-0.39, 0.29) is 5.82 Å². The summed E-state index contributed by atoms with van der Waals surface area (Å²) in [7, 11) is 0. The normalized spacial score (nSPS) is 16.2. The van der Waals surface area contributed by atoms with Gasteiger partial charge >= 0.3 is 0 Å². The van der Waals surface area contributed by atoms with E-state index in [1.165, 1.54) is 18.4 Å². The Balaban J connectivity index is 1.85. The third-order valence-electron chi connectivity index (χ3n) is 3.12. The molecule has 1 N–H and O–H groups in total. The number of hydrogen-bond acceptors (Lipinski definition) is 2. The lowest BCUT2D eigenvalue weighted by Crippen LogP contribution is -2.25. The maximum Gasteiger partial charge on any atom is 0.123 e. The first-order chi connectivity index (χ1) is 8.81. The van der Waals surface area contributed by atoms with E-state index in [1.807, 2.05) is 12.1 Å². The summed E-state index contributed by atoms with van der Waals surface area (Å²) in [6.45, 7) is 0.949. The van der Waals surface area contributed by atoms with Crippen LogP contribution in [0.5, 0.6) is 0 Å². The van der Waals surface area contributed by atoms with Crippen LogP contribution in [0.15, 0.2) is 24.3 Å². The van der Waals surface area contributed by atoms with Gasteiger partial charge in [0.05, 0.1) is 5.75 Å². The van der Waals surface area contributed by atoms with Crippen molar-refractivity contribution in [3.63, 3.8) is 0 Å². The fourth-order valence-electron chi connectivity index (χ4n) is 2.07. The standard InChI is InChI=1S/C15H18FNS/c1-2-10-18-11-9-17-15(12-3-4-12)13-5-7-14(16)8-6-13/h1,5-8,12,15,17H,3-4,9-11H2. The number of terminal acetylenes is 1. The number of thioether (sulfide) groups is 1. The summed E-state index contributed by atoms with van der Waals surface area (Å²) >= 11 is 1.77. The lowest BCUT2D eigenvalue weighted by Gasteiger charge is -2.18. The van der Waals surface area contributed by atoms with Crippen LogP contribution in [0.2, 0.25) is 0 Å². The Kier molecular flexibility index (Phi) is 5.10. The molecular weight excluding hydrogens is 245 g/mol. The van der Waals surface area contributed by atoms with Gasteiger partial charge in [-0.05, 0) is 36.5 Å². The van der Waals surface area contributed by atoms with Gasteiger partial charge in [-0.15, -0.1) is 18.2 Å². The van der Waals surface area contributed by atoms with E-state index in [0.717, 1.165) is 18.1 Å². The first-order valence-corrected chi connectivity index (χ1v) is 7.47. The molecular formula is C15H18FNS. The maximum atomic E-state index is 12.9. The summed E-state index contributed by atoms with van der Waals surface area (Å²) in [5, 5.41) is 3.56. The first kappa shape index (κ1) is 13.5. The summed E-state index contributed by atoms with van der Waals surface area (Å²) in [4.78, 5) is 0. The van der Waals surface area contributed by atoms with Gasteiger partial charge in [-0.3, -0.25) is 0 Å². The van der Waals surface area contributed by atoms with Crippen molar-refractivity contribution in [3.8, 4) is 12.3 Å². The Morgan fingerprint density at radius 2 is 2.11 bits per heavy atom. The average molecular weight is 263 g/mol. The quantitative estimate of drug-likeness (QED) is 0.599. The van der Waals surface area contributed by atoms with Crippen molar-refractivity contribution in [1.29, 1.82) is 0 Å². The summed E-state index contributed by atoms with van der Waals surface area (Å²) in [6, 6.07) is 7.23. The van der Waals surface area contributed by atoms with Crippen LogP contribution >= 0.6 is 11.8 Å². The van der Waals surface area contributed by atoms with E-state index in [2.05, 4.69) is 11.2 Å². The van der Waals surface area contributed by atoms with Crippen LogP contribution in [0.4, 0.5) is 4.39 Å². The molecule has 1 aromatic carbocycles. The molecule has 3 heteroatoms. The molecule has 18 heavy (non-hydrogen) atoms. The monoisotopic (exact) mass is 263 g/mol. The van der Waals surface area contributed by atoms with Crippen LogP contribution < -0.4 is 5.32 Å². The second-order valence-electron chi connectivity index (χ2n) is 4.58. The van der Waals surface area contributed by atoms with Crippen LogP contribution in [0.1, 0.15) is 24.4 Å². The minimum absolute atomic E-state index is 0.169. The molecule has 0 saturated heterocycles. The Labute approximate surface area is 113 Å². The third kappa shape index (κ3) is 4.04. The van der Waals surface area contributed by atoms with Crippen LogP contribution in [0.25, 0.3) is 0 Å². The molecule has 0 radical (unpaired) electrons. The molecule has 1 unspecified atom stereocenters. The van der Waals surface area contributed by atoms with Gasteiger partial charge in [-0.2, -0.15) is 0 Å². The SMILES string of the molecule is C#CCSCCNC(c1ccc(F)cc1)C1CC1. The summed E-state index contributed by atoms with van der Waals surface area (Å²) in [5.74, 6) is 4.96. The van der Waals surface area contributed by atoms with Gasteiger partial charge in [-0.25, -0.2) is 4.39 Å². The highest BCUT2D eigenvalue weighted by atomic mass is 32.2. The molecule has 0 amide bonds. The van der Waals surface area contributed by atoms with Gasteiger partial charge in [0, 0.05) is 18.3 Å². The van der Waals surface area contributed by atoms with Gasteiger partial charge < -0.3 is 5.32 Å². The molecule has 1 atom stereocenters. The van der Waals surface area contributed by atoms with Gasteiger partial charge in [0.2, 0.25) is 0 Å². The highest BCUT2D eigenvalue weighted by Crippen LogP contribution is 2.40. The zero-order valence-corrected chi connectivity index (χ0v) is 11.2. The molecule has 0 heterocycles. The average Bonchev–Trinajstić information content (AvgIpc) is 3.20. The predicted molar refractivity (Wildman–Crippen MR) is 76.0 cm³/mol. The van der Waals surface area contributed by atoms with E-state index in [4.69, 9.17) is 6.42 Å². The Hall–Kier alpha value is -0.980. The lowest BCUT2D eigenvalue weighted by atomic mass is 10.0. The number of rotatable bonds is 7. The Bertz CT molecular complexity index is 405.